The molecule has 0 bridgehead atoms. The van der Waals surface area contributed by atoms with Gasteiger partial charge < -0.3 is 9.73 Å². The zero-order valence-corrected chi connectivity index (χ0v) is 14.0. The molecule has 2 aromatic carbocycles. The van der Waals surface area contributed by atoms with Crippen molar-refractivity contribution < 1.29 is 18.5 Å². The van der Waals surface area contributed by atoms with Gasteiger partial charge in [0.05, 0.1) is 4.92 Å². The molecular formula is C17H13FN4O5. The average Bonchev–Trinajstić information content (AvgIpc) is 2.97. The average molecular weight is 372 g/mol. The van der Waals surface area contributed by atoms with Crippen molar-refractivity contribution in [2.75, 3.05) is 5.32 Å². The zero-order chi connectivity index (χ0) is 19.6. The first-order valence-electron chi connectivity index (χ1n) is 7.72. The van der Waals surface area contributed by atoms with Gasteiger partial charge >= 0.3 is 5.76 Å². The number of nitro benzene ring substituents is 1. The predicted octanol–water partition coefficient (Wildman–Crippen LogP) is 2.50. The van der Waals surface area contributed by atoms with E-state index in [0.717, 1.165) is 4.68 Å². The molecule has 0 unspecified atom stereocenters. The Morgan fingerprint density at radius 1 is 1.30 bits per heavy atom. The van der Waals surface area contributed by atoms with E-state index in [4.69, 9.17) is 4.42 Å². The fraction of sp³-hybridized carbons (Fsp3) is 0.118. The Morgan fingerprint density at radius 3 is 2.67 bits per heavy atom. The highest BCUT2D eigenvalue weighted by molar-refractivity contribution is 5.92. The number of aromatic nitrogens is 2. The summed E-state index contributed by atoms with van der Waals surface area (Å²) in [6.07, 6.45) is 0. The number of carbonyl (C=O) groups excluding carboxylic acids is 1. The SMILES string of the molecule is Cc1ccc(NC(=O)Cn2nc(-c3ccc(F)cc3)oc2=O)c([N+](=O)[O-])c1. The van der Waals surface area contributed by atoms with Crippen LogP contribution in [0.3, 0.4) is 0 Å². The lowest BCUT2D eigenvalue weighted by molar-refractivity contribution is -0.384. The van der Waals surface area contributed by atoms with Gasteiger partial charge in [-0.05, 0) is 42.8 Å². The number of hydrogen-bond acceptors (Lipinski definition) is 6. The van der Waals surface area contributed by atoms with Crippen LogP contribution in [0.4, 0.5) is 15.8 Å². The molecule has 1 N–H and O–H groups in total. The lowest BCUT2D eigenvalue weighted by atomic mass is 10.2. The molecule has 1 amide bonds. The molecule has 0 saturated heterocycles. The van der Waals surface area contributed by atoms with E-state index in [1.54, 1.807) is 13.0 Å². The lowest BCUT2D eigenvalue weighted by Crippen LogP contribution is -2.26. The van der Waals surface area contributed by atoms with Crippen LogP contribution >= 0.6 is 0 Å². The van der Waals surface area contributed by atoms with Crippen molar-refractivity contribution in [2.24, 2.45) is 0 Å². The number of amides is 1. The molecule has 0 fully saturated rings. The van der Waals surface area contributed by atoms with E-state index in [-0.39, 0.29) is 17.3 Å². The summed E-state index contributed by atoms with van der Waals surface area (Å²) in [6, 6.07) is 9.44. The van der Waals surface area contributed by atoms with Gasteiger partial charge in [0.2, 0.25) is 11.8 Å². The first-order chi connectivity index (χ1) is 12.8. The molecule has 0 radical (unpaired) electrons. The summed E-state index contributed by atoms with van der Waals surface area (Å²) in [4.78, 5) is 34.5. The Labute approximate surface area is 151 Å². The first-order valence-corrected chi connectivity index (χ1v) is 7.72. The molecule has 3 rings (SSSR count). The summed E-state index contributed by atoms with van der Waals surface area (Å²) in [5, 5.41) is 17.4. The molecule has 3 aromatic rings. The quantitative estimate of drug-likeness (QED) is 0.543. The van der Waals surface area contributed by atoms with E-state index in [1.807, 2.05) is 0 Å². The topological polar surface area (TPSA) is 120 Å². The molecule has 0 saturated carbocycles. The third-order valence-corrected chi connectivity index (χ3v) is 3.61. The zero-order valence-electron chi connectivity index (χ0n) is 14.0. The summed E-state index contributed by atoms with van der Waals surface area (Å²) >= 11 is 0. The van der Waals surface area contributed by atoms with Crippen molar-refractivity contribution in [1.29, 1.82) is 0 Å². The monoisotopic (exact) mass is 372 g/mol. The Hall–Kier alpha value is -3.82. The molecule has 9 nitrogen and oxygen atoms in total. The molecule has 0 aliphatic carbocycles. The summed E-state index contributed by atoms with van der Waals surface area (Å²) < 4.78 is 18.7. The number of rotatable bonds is 5. The number of halogens is 1. The van der Waals surface area contributed by atoms with Crippen LogP contribution in [0.1, 0.15) is 5.56 Å². The standard InChI is InChI=1S/C17H13FN4O5/c1-10-2-7-13(14(8-10)22(25)26)19-15(23)9-21-17(24)27-16(20-21)11-3-5-12(18)6-4-11/h2-8H,9H2,1H3,(H,19,23). The molecule has 1 aromatic heterocycles. The molecule has 0 aliphatic rings. The van der Waals surface area contributed by atoms with Crippen molar-refractivity contribution in [2.45, 2.75) is 13.5 Å². The third kappa shape index (κ3) is 4.06. The highest BCUT2D eigenvalue weighted by Gasteiger charge is 2.18. The number of anilines is 1. The molecule has 10 heteroatoms. The van der Waals surface area contributed by atoms with Gasteiger partial charge in [0.25, 0.3) is 5.69 Å². The predicted molar refractivity (Wildman–Crippen MR) is 92.6 cm³/mol. The molecule has 0 spiro atoms. The molecule has 1 heterocycles. The van der Waals surface area contributed by atoms with Crippen molar-refractivity contribution in [3.8, 4) is 11.5 Å². The van der Waals surface area contributed by atoms with Crippen LogP contribution in [0.25, 0.3) is 11.5 Å². The second kappa shape index (κ2) is 7.20. The maximum absolute atomic E-state index is 13.0. The van der Waals surface area contributed by atoms with E-state index in [9.17, 15) is 24.1 Å². The van der Waals surface area contributed by atoms with Gasteiger partial charge in [-0.15, -0.1) is 5.10 Å². The van der Waals surface area contributed by atoms with Gasteiger partial charge in [-0.3, -0.25) is 14.9 Å². The summed E-state index contributed by atoms with van der Waals surface area (Å²) in [5.41, 5.74) is 0.770. The smallest absolute Gasteiger partial charge is 0.388 e. The number of benzene rings is 2. The maximum Gasteiger partial charge on any atom is 0.437 e. The van der Waals surface area contributed by atoms with E-state index < -0.39 is 28.9 Å². The van der Waals surface area contributed by atoms with Crippen LogP contribution < -0.4 is 11.1 Å². The van der Waals surface area contributed by atoms with Crippen LogP contribution in [0.15, 0.2) is 51.7 Å². The molecular weight excluding hydrogens is 359 g/mol. The summed E-state index contributed by atoms with van der Waals surface area (Å²) in [6.45, 7) is 1.18. The van der Waals surface area contributed by atoms with Crippen molar-refractivity contribution >= 4 is 17.3 Å². The fourth-order valence-corrected chi connectivity index (χ4v) is 2.34. The minimum atomic E-state index is -0.886. The minimum absolute atomic E-state index is 0.00546. The van der Waals surface area contributed by atoms with Crippen LogP contribution in [-0.2, 0) is 11.3 Å². The lowest BCUT2D eigenvalue weighted by Gasteiger charge is -2.06. The Kier molecular flexibility index (Phi) is 4.79. The van der Waals surface area contributed by atoms with E-state index in [1.165, 1.54) is 36.4 Å². The van der Waals surface area contributed by atoms with E-state index >= 15 is 0 Å². The number of nitrogens with zero attached hydrogens (tertiary/aromatic N) is 3. The van der Waals surface area contributed by atoms with Gasteiger partial charge in [-0.2, -0.15) is 4.68 Å². The molecule has 138 valence electrons. The normalized spacial score (nSPS) is 10.6. The van der Waals surface area contributed by atoms with Crippen molar-refractivity contribution in [1.82, 2.24) is 9.78 Å². The third-order valence-electron chi connectivity index (χ3n) is 3.61. The van der Waals surface area contributed by atoms with Gasteiger partial charge in [-0.1, -0.05) is 6.07 Å². The van der Waals surface area contributed by atoms with E-state index in [0.29, 0.717) is 11.1 Å². The summed E-state index contributed by atoms with van der Waals surface area (Å²) in [5.74, 6) is -2.11. The number of carbonyl (C=O) groups is 1. The minimum Gasteiger partial charge on any atom is -0.388 e. The largest absolute Gasteiger partial charge is 0.437 e. The number of aryl methyl sites for hydroxylation is 1. The Bertz CT molecular complexity index is 1070. The number of nitro groups is 1. The molecule has 0 aliphatic heterocycles. The van der Waals surface area contributed by atoms with Crippen LogP contribution in [-0.4, -0.2) is 20.6 Å². The number of nitrogens with one attached hydrogen (secondary N) is 1. The molecule has 0 atom stereocenters. The Morgan fingerprint density at radius 2 is 2.00 bits per heavy atom. The Balaban J connectivity index is 1.78. The summed E-state index contributed by atoms with van der Waals surface area (Å²) in [7, 11) is 0. The van der Waals surface area contributed by atoms with Crippen molar-refractivity contribution in [3.63, 3.8) is 0 Å². The van der Waals surface area contributed by atoms with Gasteiger partial charge in [0.1, 0.15) is 18.0 Å². The van der Waals surface area contributed by atoms with E-state index in [2.05, 4.69) is 10.4 Å². The highest BCUT2D eigenvalue weighted by atomic mass is 19.1. The van der Waals surface area contributed by atoms with Gasteiger partial charge in [0.15, 0.2) is 0 Å². The maximum atomic E-state index is 13.0. The highest BCUT2D eigenvalue weighted by Crippen LogP contribution is 2.25. The first kappa shape index (κ1) is 18.0. The second-order valence-electron chi connectivity index (χ2n) is 5.66. The van der Waals surface area contributed by atoms with Crippen molar-refractivity contribution in [3.05, 3.63) is 74.5 Å². The van der Waals surface area contributed by atoms with Crippen LogP contribution in [0.5, 0.6) is 0 Å². The molecule has 27 heavy (non-hydrogen) atoms. The fourth-order valence-electron chi connectivity index (χ4n) is 2.34. The van der Waals surface area contributed by atoms with Crippen LogP contribution in [0, 0.1) is 22.9 Å². The van der Waals surface area contributed by atoms with Gasteiger partial charge in [-0.25, -0.2) is 9.18 Å². The van der Waals surface area contributed by atoms with Crippen LogP contribution in [0.2, 0.25) is 0 Å². The van der Waals surface area contributed by atoms with Gasteiger partial charge in [0, 0.05) is 11.6 Å². The second-order valence-corrected chi connectivity index (χ2v) is 5.66. The number of hydrogen-bond donors (Lipinski definition) is 1.